The zero-order valence-electron chi connectivity index (χ0n) is 19.8. The second-order valence-electron chi connectivity index (χ2n) is 8.76. The maximum Gasteiger partial charge on any atom is 0.307 e. The van der Waals surface area contributed by atoms with Gasteiger partial charge in [0.05, 0.1) is 23.7 Å². The third kappa shape index (κ3) is 4.25. The van der Waals surface area contributed by atoms with Gasteiger partial charge in [-0.05, 0) is 45.3 Å². The first-order chi connectivity index (χ1) is 18.2. The molecular formula is C31H22N4O2. The number of carbonyl (C=O) groups is 1. The summed E-state index contributed by atoms with van der Waals surface area (Å²) in [5.74, 6) is -0.549. The van der Waals surface area contributed by atoms with Crippen LogP contribution in [0.15, 0.2) is 119 Å². The first kappa shape index (κ1) is 22.4. The maximum atomic E-state index is 13.4. The molecular weight excluding hydrogens is 460 g/mol. The van der Waals surface area contributed by atoms with Crippen molar-refractivity contribution in [1.82, 2.24) is 15.0 Å². The number of hydrogen-bond donors (Lipinski definition) is 1. The van der Waals surface area contributed by atoms with Crippen molar-refractivity contribution in [3.63, 3.8) is 0 Å². The highest BCUT2D eigenvalue weighted by molar-refractivity contribution is 6.13. The van der Waals surface area contributed by atoms with Crippen LogP contribution in [0.2, 0.25) is 0 Å². The van der Waals surface area contributed by atoms with Gasteiger partial charge < -0.3 is 0 Å². The number of para-hydroxylation sites is 1. The van der Waals surface area contributed by atoms with E-state index in [1.807, 2.05) is 66.7 Å². The average molecular weight is 483 g/mol. The third-order valence-electron chi connectivity index (χ3n) is 6.42. The fourth-order valence-corrected chi connectivity index (χ4v) is 4.65. The smallest absolute Gasteiger partial charge is 0.283 e. The molecule has 0 unspecified atom stereocenters. The van der Waals surface area contributed by atoms with Crippen LogP contribution in [0.25, 0.3) is 32.4 Å². The Hall–Kier alpha value is -5.10. The highest BCUT2D eigenvalue weighted by Gasteiger charge is 2.17. The molecule has 178 valence electrons. The predicted octanol–water partition coefficient (Wildman–Crippen LogP) is 5.52. The SMILES string of the molecule is O=C(N/N=C\c1c2ccccc2cc2ccccc12)c1nc2ccccc2c(=O)n1Cc1ccccc1. The lowest BCUT2D eigenvalue weighted by molar-refractivity contribution is 0.0939. The highest BCUT2D eigenvalue weighted by atomic mass is 16.2. The molecule has 0 bridgehead atoms. The molecule has 0 atom stereocenters. The molecule has 1 N–H and O–H groups in total. The van der Waals surface area contributed by atoms with Gasteiger partial charge in [0.1, 0.15) is 0 Å². The number of amides is 1. The zero-order valence-corrected chi connectivity index (χ0v) is 19.8. The number of rotatable bonds is 5. The average Bonchev–Trinajstić information content (AvgIpc) is 2.94. The number of carbonyl (C=O) groups excluding carboxylic acids is 1. The summed E-state index contributed by atoms with van der Waals surface area (Å²) in [6.45, 7) is 0.220. The molecule has 0 aliphatic heterocycles. The summed E-state index contributed by atoms with van der Waals surface area (Å²) < 4.78 is 1.40. The van der Waals surface area contributed by atoms with Crippen molar-refractivity contribution in [2.75, 3.05) is 0 Å². The monoisotopic (exact) mass is 482 g/mol. The Balaban J connectivity index is 1.40. The Morgan fingerprint density at radius 1 is 0.784 bits per heavy atom. The van der Waals surface area contributed by atoms with E-state index < -0.39 is 5.91 Å². The molecule has 0 spiro atoms. The standard InChI is InChI=1S/C31H22N4O2/c36-30(34-32-19-27-24-14-6-4-12-22(24)18-23-13-5-7-15-25(23)27)29-33-28-17-9-8-16-26(28)31(37)35(29)20-21-10-2-1-3-11-21/h1-19H,20H2,(H,34,36)/b32-19-. The van der Waals surface area contributed by atoms with Gasteiger partial charge in [-0.3, -0.25) is 14.2 Å². The number of fused-ring (bicyclic) bond motifs is 3. The van der Waals surface area contributed by atoms with Crippen LogP contribution in [0, 0.1) is 0 Å². The molecule has 1 aromatic heterocycles. The van der Waals surface area contributed by atoms with Crippen LogP contribution in [-0.4, -0.2) is 21.7 Å². The molecule has 0 aliphatic rings. The van der Waals surface area contributed by atoms with Crippen LogP contribution in [0.3, 0.4) is 0 Å². The minimum Gasteiger partial charge on any atom is -0.283 e. The lowest BCUT2D eigenvalue weighted by atomic mass is 9.97. The Morgan fingerprint density at radius 3 is 2.08 bits per heavy atom. The summed E-state index contributed by atoms with van der Waals surface area (Å²) in [6, 6.07) is 34.8. The predicted molar refractivity (Wildman–Crippen MR) is 148 cm³/mol. The van der Waals surface area contributed by atoms with Gasteiger partial charge in [0.15, 0.2) is 0 Å². The van der Waals surface area contributed by atoms with E-state index in [1.54, 1.807) is 30.5 Å². The van der Waals surface area contributed by atoms with Crippen LogP contribution >= 0.6 is 0 Å². The summed E-state index contributed by atoms with van der Waals surface area (Å²) >= 11 is 0. The minimum atomic E-state index is -0.556. The highest BCUT2D eigenvalue weighted by Crippen LogP contribution is 2.27. The van der Waals surface area contributed by atoms with Crippen LogP contribution in [0.4, 0.5) is 0 Å². The molecule has 5 aromatic carbocycles. The van der Waals surface area contributed by atoms with Gasteiger partial charge in [0.25, 0.3) is 5.56 Å². The van der Waals surface area contributed by atoms with Crippen molar-refractivity contribution in [2.45, 2.75) is 6.54 Å². The van der Waals surface area contributed by atoms with Crippen molar-refractivity contribution in [1.29, 1.82) is 0 Å². The van der Waals surface area contributed by atoms with Gasteiger partial charge in [0, 0.05) is 5.56 Å². The molecule has 0 saturated heterocycles. The molecule has 0 fully saturated rings. The van der Waals surface area contributed by atoms with E-state index in [0.29, 0.717) is 10.9 Å². The molecule has 1 amide bonds. The van der Waals surface area contributed by atoms with Gasteiger partial charge >= 0.3 is 5.91 Å². The summed E-state index contributed by atoms with van der Waals surface area (Å²) in [4.78, 5) is 31.2. The molecule has 6 rings (SSSR count). The van der Waals surface area contributed by atoms with E-state index in [-0.39, 0.29) is 17.9 Å². The quantitative estimate of drug-likeness (QED) is 0.200. The molecule has 0 aliphatic carbocycles. The fourth-order valence-electron chi connectivity index (χ4n) is 4.65. The Morgan fingerprint density at radius 2 is 1.38 bits per heavy atom. The van der Waals surface area contributed by atoms with E-state index in [4.69, 9.17) is 0 Å². The van der Waals surface area contributed by atoms with E-state index in [9.17, 15) is 9.59 Å². The minimum absolute atomic E-state index is 0.00693. The number of nitrogens with zero attached hydrogens (tertiary/aromatic N) is 3. The van der Waals surface area contributed by atoms with Gasteiger partial charge in [0.2, 0.25) is 5.82 Å². The second-order valence-corrected chi connectivity index (χ2v) is 8.76. The summed E-state index contributed by atoms with van der Waals surface area (Å²) in [6.07, 6.45) is 1.66. The first-order valence-corrected chi connectivity index (χ1v) is 12.0. The lowest BCUT2D eigenvalue weighted by Gasteiger charge is -2.12. The van der Waals surface area contributed by atoms with Crippen molar-refractivity contribution < 1.29 is 4.79 Å². The number of aromatic nitrogens is 2. The maximum absolute atomic E-state index is 13.4. The molecule has 6 heteroatoms. The molecule has 0 saturated carbocycles. The Labute approximate surface area is 212 Å². The number of nitrogens with one attached hydrogen (secondary N) is 1. The van der Waals surface area contributed by atoms with Crippen LogP contribution in [0.5, 0.6) is 0 Å². The van der Waals surface area contributed by atoms with Crippen molar-refractivity contribution in [3.05, 3.63) is 136 Å². The lowest BCUT2D eigenvalue weighted by Crippen LogP contribution is -2.32. The van der Waals surface area contributed by atoms with E-state index >= 15 is 0 Å². The molecule has 6 aromatic rings. The topological polar surface area (TPSA) is 76.3 Å². The van der Waals surface area contributed by atoms with Gasteiger partial charge in [-0.2, -0.15) is 5.10 Å². The van der Waals surface area contributed by atoms with E-state index in [0.717, 1.165) is 32.7 Å². The summed E-state index contributed by atoms with van der Waals surface area (Å²) in [5.41, 5.74) is 4.59. The van der Waals surface area contributed by atoms with E-state index in [1.165, 1.54) is 4.57 Å². The van der Waals surface area contributed by atoms with E-state index in [2.05, 4.69) is 33.7 Å². The third-order valence-corrected chi connectivity index (χ3v) is 6.42. The number of hydrazone groups is 1. The Kier molecular flexibility index (Phi) is 5.75. The van der Waals surface area contributed by atoms with Crippen molar-refractivity contribution >= 4 is 44.6 Å². The molecule has 37 heavy (non-hydrogen) atoms. The number of hydrogen-bond acceptors (Lipinski definition) is 4. The fraction of sp³-hybridized carbons (Fsp3) is 0.0323. The normalized spacial score (nSPS) is 11.5. The molecule has 6 nitrogen and oxygen atoms in total. The first-order valence-electron chi connectivity index (χ1n) is 12.0. The molecule has 0 radical (unpaired) electrons. The van der Waals surface area contributed by atoms with Crippen LogP contribution in [0.1, 0.15) is 21.7 Å². The van der Waals surface area contributed by atoms with Gasteiger partial charge in [-0.25, -0.2) is 10.4 Å². The van der Waals surface area contributed by atoms with Gasteiger partial charge in [-0.1, -0.05) is 91.0 Å². The summed E-state index contributed by atoms with van der Waals surface area (Å²) in [5, 5.41) is 8.99. The van der Waals surface area contributed by atoms with Gasteiger partial charge in [-0.15, -0.1) is 0 Å². The summed E-state index contributed by atoms with van der Waals surface area (Å²) in [7, 11) is 0. The largest absolute Gasteiger partial charge is 0.307 e. The molecule has 1 heterocycles. The zero-order chi connectivity index (χ0) is 25.2. The Bertz CT molecular complexity index is 1820. The second kappa shape index (κ2) is 9.51. The van der Waals surface area contributed by atoms with Crippen molar-refractivity contribution in [3.8, 4) is 0 Å². The van der Waals surface area contributed by atoms with Crippen LogP contribution < -0.4 is 11.0 Å². The van der Waals surface area contributed by atoms with Crippen molar-refractivity contribution in [2.24, 2.45) is 5.10 Å². The van der Waals surface area contributed by atoms with Crippen LogP contribution in [-0.2, 0) is 6.54 Å². The number of benzene rings is 5.